The molecular weight excluding hydrogens is 342 g/mol. The number of nitrogens with one attached hydrogen (secondary N) is 1. The Labute approximate surface area is 147 Å². The molecule has 0 saturated carbocycles. The van der Waals surface area contributed by atoms with E-state index in [9.17, 15) is 13.2 Å². The van der Waals surface area contributed by atoms with E-state index in [2.05, 4.69) is 5.32 Å². The van der Waals surface area contributed by atoms with Crippen molar-refractivity contribution < 1.29 is 22.1 Å². The van der Waals surface area contributed by atoms with Crippen molar-refractivity contribution in [2.45, 2.75) is 31.4 Å². The molecule has 0 spiro atoms. The van der Waals surface area contributed by atoms with Gasteiger partial charge in [0.15, 0.2) is 0 Å². The molecule has 2 aromatic carbocycles. The van der Waals surface area contributed by atoms with Crippen LogP contribution in [0.15, 0.2) is 59.5 Å². The number of hydrogen-bond donors (Lipinski definition) is 1. The Morgan fingerprint density at radius 1 is 1.08 bits per heavy atom. The van der Waals surface area contributed by atoms with Crippen LogP contribution >= 0.6 is 0 Å². The quantitative estimate of drug-likeness (QED) is 0.765. The van der Waals surface area contributed by atoms with Crippen LogP contribution in [0.2, 0.25) is 0 Å². The normalized spacial score (nSPS) is 12.4. The van der Waals surface area contributed by atoms with E-state index in [4.69, 9.17) is 8.92 Å². The highest BCUT2D eigenvalue weighted by atomic mass is 32.2. The molecule has 134 valence electrons. The Morgan fingerprint density at radius 2 is 1.72 bits per heavy atom. The molecule has 0 heterocycles. The molecule has 0 aliphatic carbocycles. The summed E-state index contributed by atoms with van der Waals surface area (Å²) in [7, 11) is -3.86. The van der Waals surface area contributed by atoms with Gasteiger partial charge in [0, 0.05) is 0 Å². The number of alkyl carbamates (subject to hydrolysis) is 1. The van der Waals surface area contributed by atoms with E-state index < -0.39 is 22.3 Å². The molecule has 0 bridgehead atoms. The first kappa shape index (κ1) is 19.0. The van der Waals surface area contributed by atoms with Crippen molar-refractivity contribution in [3.63, 3.8) is 0 Å². The van der Waals surface area contributed by atoms with E-state index in [1.54, 1.807) is 19.1 Å². The standard InChI is InChI=1S/C18H21NO5S/c1-14-8-10-17(11-9-14)25(21,22)24-12-15(2)19-18(20)23-13-16-6-4-3-5-7-16/h3-11,15H,12-13H2,1-2H3,(H,19,20)/t15-/m1/s1. The van der Waals surface area contributed by atoms with Crippen LogP contribution in [0.4, 0.5) is 4.79 Å². The maximum absolute atomic E-state index is 12.1. The van der Waals surface area contributed by atoms with E-state index in [-0.39, 0.29) is 18.1 Å². The third-order valence-corrected chi connectivity index (χ3v) is 4.66. The number of carbonyl (C=O) groups excluding carboxylic acids is 1. The molecule has 0 aliphatic rings. The topological polar surface area (TPSA) is 81.7 Å². The minimum absolute atomic E-state index is 0.0805. The van der Waals surface area contributed by atoms with Crippen LogP contribution < -0.4 is 5.32 Å². The fourth-order valence-corrected chi connectivity index (χ4v) is 2.96. The number of carbonyl (C=O) groups is 1. The first-order chi connectivity index (χ1) is 11.9. The number of aryl methyl sites for hydroxylation is 1. The van der Waals surface area contributed by atoms with E-state index in [0.29, 0.717) is 0 Å². The molecule has 0 aromatic heterocycles. The van der Waals surface area contributed by atoms with Gasteiger partial charge in [0.2, 0.25) is 0 Å². The van der Waals surface area contributed by atoms with E-state index >= 15 is 0 Å². The van der Waals surface area contributed by atoms with E-state index in [1.807, 2.05) is 37.3 Å². The fourth-order valence-electron chi connectivity index (χ4n) is 1.97. The molecule has 0 radical (unpaired) electrons. The Hall–Kier alpha value is -2.38. The zero-order valence-corrected chi connectivity index (χ0v) is 15.0. The van der Waals surface area contributed by atoms with Gasteiger partial charge in [-0.25, -0.2) is 4.79 Å². The van der Waals surface area contributed by atoms with Crippen LogP contribution in [0.1, 0.15) is 18.1 Å². The molecule has 0 unspecified atom stereocenters. The lowest BCUT2D eigenvalue weighted by molar-refractivity contribution is 0.132. The summed E-state index contributed by atoms with van der Waals surface area (Å²) in [5.74, 6) is 0. The van der Waals surface area contributed by atoms with Crippen molar-refractivity contribution in [3.05, 3.63) is 65.7 Å². The van der Waals surface area contributed by atoms with Crippen LogP contribution in [0.3, 0.4) is 0 Å². The molecule has 2 aromatic rings. The third-order valence-electron chi connectivity index (χ3n) is 3.36. The molecule has 1 amide bonds. The molecule has 7 heteroatoms. The average Bonchev–Trinajstić information content (AvgIpc) is 2.60. The Kier molecular flexibility index (Phi) is 6.55. The highest BCUT2D eigenvalue weighted by Crippen LogP contribution is 2.13. The highest BCUT2D eigenvalue weighted by molar-refractivity contribution is 7.86. The van der Waals surface area contributed by atoms with Crippen LogP contribution in [-0.2, 0) is 25.6 Å². The van der Waals surface area contributed by atoms with Crippen molar-refractivity contribution in [2.24, 2.45) is 0 Å². The summed E-state index contributed by atoms with van der Waals surface area (Å²) >= 11 is 0. The highest BCUT2D eigenvalue weighted by Gasteiger charge is 2.17. The number of benzene rings is 2. The second-order valence-corrected chi connectivity index (χ2v) is 7.27. The summed E-state index contributed by atoms with van der Waals surface area (Å²) in [6.07, 6.45) is -0.632. The zero-order chi connectivity index (χ0) is 18.3. The van der Waals surface area contributed by atoms with Crippen molar-refractivity contribution in [1.29, 1.82) is 0 Å². The largest absolute Gasteiger partial charge is 0.445 e. The van der Waals surface area contributed by atoms with Gasteiger partial charge in [0.05, 0.1) is 17.5 Å². The molecule has 6 nitrogen and oxygen atoms in total. The minimum Gasteiger partial charge on any atom is -0.445 e. The summed E-state index contributed by atoms with van der Waals surface area (Å²) in [6, 6.07) is 15.1. The van der Waals surface area contributed by atoms with Crippen molar-refractivity contribution >= 4 is 16.2 Å². The number of hydrogen-bond acceptors (Lipinski definition) is 5. The van der Waals surface area contributed by atoms with Gasteiger partial charge in [-0.15, -0.1) is 0 Å². The van der Waals surface area contributed by atoms with Crippen molar-refractivity contribution in [2.75, 3.05) is 6.61 Å². The van der Waals surface area contributed by atoms with E-state index in [0.717, 1.165) is 11.1 Å². The molecule has 1 atom stereocenters. The lowest BCUT2D eigenvalue weighted by Crippen LogP contribution is -2.36. The summed E-state index contributed by atoms with van der Waals surface area (Å²) < 4.78 is 34.2. The molecule has 0 fully saturated rings. The summed E-state index contributed by atoms with van der Waals surface area (Å²) in [5.41, 5.74) is 1.82. The van der Waals surface area contributed by atoms with Crippen molar-refractivity contribution in [3.8, 4) is 0 Å². The van der Waals surface area contributed by atoms with Crippen LogP contribution in [0.25, 0.3) is 0 Å². The van der Waals surface area contributed by atoms with E-state index in [1.165, 1.54) is 12.1 Å². The lowest BCUT2D eigenvalue weighted by atomic mass is 10.2. The number of rotatable bonds is 7. The predicted octanol–water partition coefficient (Wildman–Crippen LogP) is 3.02. The molecule has 0 aliphatic heterocycles. The third kappa shape index (κ3) is 6.21. The monoisotopic (exact) mass is 363 g/mol. The summed E-state index contributed by atoms with van der Waals surface area (Å²) in [6.45, 7) is 3.46. The van der Waals surface area contributed by atoms with Gasteiger partial charge in [-0.05, 0) is 31.5 Å². The molecular formula is C18H21NO5S. The van der Waals surface area contributed by atoms with Gasteiger partial charge in [0.25, 0.3) is 10.1 Å². The first-order valence-electron chi connectivity index (χ1n) is 7.80. The minimum atomic E-state index is -3.86. The maximum Gasteiger partial charge on any atom is 0.407 e. The average molecular weight is 363 g/mol. The fraction of sp³-hybridized carbons (Fsp3) is 0.278. The van der Waals surface area contributed by atoms with Crippen LogP contribution in [-0.4, -0.2) is 27.2 Å². The molecule has 25 heavy (non-hydrogen) atoms. The number of amides is 1. The Balaban J connectivity index is 1.78. The first-order valence-corrected chi connectivity index (χ1v) is 9.21. The maximum atomic E-state index is 12.1. The SMILES string of the molecule is Cc1ccc(S(=O)(=O)OC[C@@H](C)NC(=O)OCc2ccccc2)cc1. The van der Waals surface area contributed by atoms with Gasteiger partial charge in [-0.2, -0.15) is 8.42 Å². The van der Waals surface area contributed by atoms with Crippen molar-refractivity contribution in [1.82, 2.24) is 5.32 Å². The molecule has 1 N–H and O–H groups in total. The van der Waals surface area contributed by atoms with Gasteiger partial charge < -0.3 is 10.1 Å². The zero-order valence-electron chi connectivity index (χ0n) is 14.1. The van der Waals surface area contributed by atoms with Gasteiger partial charge in [-0.3, -0.25) is 4.18 Å². The van der Waals surface area contributed by atoms with Gasteiger partial charge in [-0.1, -0.05) is 48.0 Å². The summed E-state index contributed by atoms with van der Waals surface area (Å²) in [5, 5.41) is 2.53. The van der Waals surface area contributed by atoms with Crippen LogP contribution in [0, 0.1) is 6.92 Å². The van der Waals surface area contributed by atoms with Crippen LogP contribution in [0.5, 0.6) is 0 Å². The second kappa shape index (κ2) is 8.64. The lowest BCUT2D eigenvalue weighted by Gasteiger charge is -2.14. The summed E-state index contributed by atoms with van der Waals surface area (Å²) in [4.78, 5) is 11.8. The predicted molar refractivity (Wildman–Crippen MR) is 93.5 cm³/mol. The number of ether oxygens (including phenoxy) is 1. The smallest absolute Gasteiger partial charge is 0.407 e. The Bertz CT molecular complexity index is 788. The second-order valence-electron chi connectivity index (χ2n) is 5.66. The Morgan fingerprint density at radius 3 is 2.36 bits per heavy atom. The van der Waals surface area contributed by atoms with Gasteiger partial charge in [0.1, 0.15) is 6.61 Å². The molecule has 2 rings (SSSR count). The van der Waals surface area contributed by atoms with Gasteiger partial charge >= 0.3 is 6.09 Å². The molecule has 0 saturated heterocycles.